The molecule has 2 aromatic rings. The molecule has 2 heterocycles. The molecule has 2 amide bonds. The Morgan fingerprint density at radius 1 is 1.16 bits per heavy atom. The quantitative estimate of drug-likeness (QED) is 0.664. The summed E-state index contributed by atoms with van der Waals surface area (Å²) in [5, 5.41) is 1.09. The Hall–Kier alpha value is -2.77. The second kappa shape index (κ2) is 7.87. The van der Waals surface area contributed by atoms with Crippen molar-refractivity contribution in [3.8, 4) is 0 Å². The number of rotatable bonds is 4. The zero-order chi connectivity index (χ0) is 17.6. The monoisotopic (exact) mass is 367 g/mol. The van der Waals surface area contributed by atoms with Crippen LogP contribution >= 0.6 is 24.0 Å². The minimum absolute atomic E-state index is 0.284. The lowest BCUT2D eigenvalue weighted by atomic mass is 10.2. The summed E-state index contributed by atoms with van der Waals surface area (Å²) in [6, 6.07) is 12.9. The van der Waals surface area contributed by atoms with Gasteiger partial charge in [0.05, 0.1) is 4.91 Å². The molecule has 1 aromatic heterocycles. The van der Waals surface area contributed by atoms with Gasteiger partial charge in [0.1, 0.15) is 0 Å². The van der Waals surface area contributed by atoms with Crippen molar-refractivity contribution in [3.05, 3.63) is 83.0 Å². The summed E-state index contributed by atoms with van der Waals surface area (Å²) in [5.41, 5.74) is 3.95. The summed E-state index contributed by atoms with van der Waals surface area (Å²) in [6.45, 7) is 0. The van der Waals surface area contributed by atoms with Crippen LogP contribution < -0.4 is 5.43 Å². The van der Waals surface area contributed by atoms with Gasteiger partial charge in [-0.3, -0.25) is 20.0 Å². The van der Waals surface area contributed by atoms with E-state index in [-0.39, 0.29) is 10.2 Å². The molecule has 0 aliphatic carbocycles. The molecule has 0 atom stereocenters. The number of hydrogen-bond donors (Lipinski definition) is 1. The molecule has 0 bridgehead atoms. The number of thioether (sulfide) groups is 1. The first-order valence-electron chi connectivity index (χ1n) is 7.36. The predicted octanol–water partition coefficient (Wildman–Crippen LogP) is 3.18. The van der Waals surface area contributed by atoms with Gasteiger partial charge < -0.3 is 0 Å². The number of benzene rings is 1. The highest BCUT2D eigenvalue weighted by Crippen LogP contribution is 2.29. The zero-order valence-corrected chi connectivity index (χ0v) is 14.6. The summed E-state index contributed by atoms with van der Waals surface area (Å²) in [4.78, 5) is 28.9. The maximum Gasteiger partial charge on any atom is 0.285 e. The third kappa shape index (κ3) is 4.20. The van der Waals surface area contributed by atoms with Gasteiger partial charge >= 0.3 is 0 Å². The van der Waals surface area contributed by atoms with Crippen molar-refractivity contribution in [2.24, 2.45) is 0 Å². The molecule has 1 N–H and O–H groups in total. The van der Waals surface area contributed by atoms with E-state index in [4.69, 9.17) is 12.2 Å². The number of nitrogens with zero attached hydrogens (tertiary/aromatic N) is 2. The minimum atomic E-state index is -0.417. The molecule has 5 nitrogen and oxygen atoms in total. The molecule has 1 fully saturated rings. The Labute approximate surface area is 154 Å². The molecular weight excluding hydrogens is 354 g/mol. The van der Waals surface area contributed by atoms with Gasteiger partial charge in [-0.25, -0.2) is 0 Å². The maximum atomic E-state index is 12.4. The van der Waals surface area contributed by atoms with E-state index < -0.39 is 5.91 Å². The lowest BCUT2D eigenvalue weighted by Crippen LogP contribution is -2.44. The zero-order valence-electron chi connectivity index (χ0n) is 13.0. The van der Waals surface area contributed by atoms with Gasteiger partial charge in [-0.15, -0.1) is 0 Å². The van der Waals surface area contributed by atoms with Crippen LogP contribution in [0.2, 0.25) is 0 Å². The van der Waals surface area contributed by atoms with E-state index in [9.17, 15) is 9.59 Å². The number of hydrazine groups is 1. The average Bonchev–Trinajstić information content (AvgIpc) is 2.91. The highest BCUT2D eigenvalue weighted by molar-refractivity contribution is 8.26. The van der Waals surface area contributed by atoms with Gasteiger partial charge in [-0.05, 0) is 36.0 Å². The van der Waals surface area contributed by atoms with Gasteiger partial charge in [-0.2, -0.15) is 5.01 Å². The molecule has 3 rings (SSSR count). The van der Waals surface area contributed by atoms with Crippen molar-refractivity contribution >= 4 is 46.2 Å². The van der Waals surface area contributed by atoms with Crippen molar-refractivity contribution < 1.29 is 9.59 Å². The molecule has 0 saturated carbocycles. The molecule has 124 valence electrons. The number of carbonyl (C=O) groups is 2. The summed E-state index contributed by atoms with van der Waals surface area (Å²) in [5.74, 6) is -0.769. The molecular formula is C18H13N3O2S2. The summed E-state index contributed by atoms with van der Waals surface area (Å²) >= 11 is 6.33. The highest BCUT2D eigenvalue weighted by atomic mass is 32.2. The van der Waals surface area contributed by atoms with Crippen LogP contribution in [0, 0.1) is 0 Å². The van der Waals surface area contributed by atoms with Crippen LogP contribution in [0.4, 0.5) is 0 Å². The number of nitrogens with one attached hydrogen (secondary N) is 1. The number of pyridine rings is 1. The largest absolute Gasteiger partial charge is 0.285 e. The van der Waals surface area contributed by atoms with Crippen LogP contribution in [0.3, 0.4) is 0 Å². The summed E-state index contributed by atoms with van der Waals surface area (Å²) in [6.07, 6.45) is 8.38. The van der Waals surface area contributed by atoms with Crippen molar-refractivity contribution in [3.63, 3.8) is 0 Å². The Kier molecular flexibility index (Phi) is 5.37. The number of aromatic nitrogens is 1. The summed E-state index contributed by atoms with van der Waals surface area (Å²) < 4.78 is 0.284. The Balaban J connectivity index is 1.69. The van der Waals surface area contributed by atoms with Crippen molar-refractivity contribution in [2.75, 3.05) is 0 Å². The fourth-order valence-corrected chi connectivity index (χ4v) is 3.19. The second-order valence-corrected chi connectivity index (χ2v) is 6.66. The van der Waals surface area contributed by atoms with Crippen LogP contribution in [0.5, 0.6) is 0 Å². The summed E-state index contributed by atoms with van der Waals surface area (Å²) in [7, 11) is 0. The van der Waals surface area contributed by atoms with Crippen LogP contribution in [0.1, 0.15) is 15.9 Å². The average molecular weight is 367 g/mol. The molecule has 1 saturated heterocycles. The van der Waals surface area contributed by atoms with E-state index in [2.05, 4.69) is 10.4 Å². The third-order valence-corrected chi connectivity index (χ3v) is 4.61. The van der Waals surface area contributed by atoms with E-state index >= 15 is 0 Å². The number of thiocarbonyl (C=S) groups is 1. The Morgan fingerprint density at radius 3 is 2.60 bits per heavy atom. The van der Waals surface area contributed by atoms with E-state index in [0.717, 1.165) is 22.3 Å². The standard InChI is InChI=1S/C18H13N3O2S2/c22-16(14-9-11-19-12-10-14)20-21-17(23)15(25-18(21)24)8-4-7-13-5-2-1-3-6-13/h1-12H,(H,20,22)/b7-4+,15-8-. The first kappa shape index (κ1) is 17.1. The van der Waals surface area contributed by atoms with Crippen LogP contribution in [0.25, 0.3) is 6.08 Å². The smallest absolute Gasteiger partial charge is 0.267 e. The van der Waals surface area contributed by atoms with Crippen molar-refractivity contribution in [1.29, 1.82) is 0 Å². The predicted molar refractivity (Wildman–Crippen MR) is 102 cm³/mol. The molecule has 1 aliphatic heterocycles. The lowest BCUT2D eigenvalue weighted by molar-refractivity contribution is -0.123. The molecule has 0 radical (unpaired) electrons. The van der Waals surface area contributed by atoms with E-state index in [1.165, 1.54) is 12.4 Å². The lowest BCUT2D eigenvalue weighted by Gasteiger charge is -2.15. The first-order chi connectivity index (χ1) is 12.1. The van der Waals surface area contributed by atoms with Gasteiger partial charge in [0.25, 0.3) is 11.8 Å². The molecule has 7 heteroatoms. The number of hydrogen-bond acceptors (Lipinski definition) is 5. The highest BCUT2D eigenvalue weighted by Gasteiger charge is 2.33. The van der Waals surface area contributed by atoms with E-state index in [1.807, 2.05) is 36.4 Å². The van der Waals surface area contributed by atoms with Crippen molar-refractivity contribution in [1.82, 2.24) is 15.4 Å². The van der Waals surface area contributed by atoms with Gasteiger partial charge in [0, 0.05) is 18.0 Å². The van der Waals surface area contributed by atoms with Gasteiger partial charge in [0.2, 0.25) is 0 Å². The van der Waals surface area contributed by atoms with E-state index in [1.54, 1.807) is 24.3 Å². The number of amides is 2. The van der Waals surface area contributed by atoms with Gasteiger partial charge in [0.15, 0.2) is 4.32 Å². The number of carbonyl (C=O) groups excluding carboxylic acids is 2. The minimum Gasteiger partial charge on any atom is -0.267 e. The van der Waals surface area contributed by atoms with Crippen LogP contribution in [0.15, 0.2) is 71.9 Å². The fraction of sp³-hybridized carbons (Fsp3) is 0. The molecule has 25 heavy (non-hydrogen) atoms. The van der Waals surface area contributed by atoms with E-state index in [0.29, 0.717) is 10.5 Å². The molecule has 1 aromatic carbocycles. The maximum absolute atomic E-state index is 12.4. The van der Waals surface area contributed by atoms with Crippen LogP contribution in [-0.2, 0) is 4.79 Å². The Bertz CT molecular complexity index is 864. The third-order valence-electron chi connectivity index (χ3n) is 3.29. The first-order valence-corrected chi connectivity index (χ1v) is 8.58. The Morgan fingerprint density at radius 2 is 1.88 bits per heavy atom. The van der Waals surface area contributed by atoms with Crippen molar-refractivity contribution in [2.45, 2.75) is 0 Å². The fourth-order valence-electron chi connectivity index (χ4n) is 2.06. The molecule has 0 spiro atoms. The molecule has 0 unspecified atom stereocenters. The molecule has 1 aliphatic rings. The second-order valence-electron chi connectivity index (χ2n) is 4.99. The topological polar surface area (TPSA) is 62.3 Å². The number of allylic oxidation sites excluding steroid dienone is 2. The van der Waals surface area contributed by atoms with Crippen LogP contribution in [-0.4, -0.2) is 26.1 Å². The SMILES string of the molecule is O=C(NN1C(=O)/C(=C/C=C/c2ccccc2)SC1=S)c1ccncc1. The normalized spacial score (nSPS) is 16.0. The van der Waals surface area contributed by atoms with Gasteiger partial charge in [-0.1, -0.05) is 54.2 Å².